The predicted octanol–water partition coefficient (Wildman–Crippen LogP) is 4.48. The Hall–Kier alpha value is -3.06. The van der Waals surface area contributed by atoms with Gasteiger partial charge in [-0.2, -0.15) is 0 Å². The minimum Gasteiger partial charge on any atom is -0.346 e. The monoisotopic (exact) mass is 408 g/mol. The average Bonchev–Trinajstić information content (AvgIpc) is 3.17. The summed E-state index contributed by atoms with van der Waals surface area (Å²) in [6.07, 6.45) is 0.802. The summed E-state index contributed by atoms with van der Waals surface area (Å²) in [5.41, 5.74) is 2.17. The summed E-state index contributed by atoms with van der Waals surface area (Å²) in [6.45, 7) is 6.14. The zero-order valence-corrected chi connectivity index (χ0v) is 17.5. The normalized spacial score (nSPS) is 11.9. The maximum absolute atomic E-state index is 12.5. The van der Waals surface area contributed by atoms with Gasteiger partial charge in [-0.15, -0.1) is 10.2 Å². The van der Waals surface area contributed by atoms with Crippen molar-refractivity contribution in [2.75, 3.05) is 5.32 Å². The Balaban J connectivity index is 1.58. The van der Waals surface area contributed by atoms with Crippen molar-refractivity contribution in [3.8, 4) is 0 Å². The van der Waals surface area contributed by atoms with Crippen molar-refractivity contribution in [2.45, 2.75) is 33.2 Å². The minimum atomic E-state index is -0.299. The number of nitrogens with one attached hydrogen (secondary N) is 2. The smallest absolute Gasteiger partial charge is 0.286 e. The van der Waals surface area contributed by atoms with E-state index in [4.69, 9.17) is 0 Å². The van der Waals surface area contributed by atoms with Crippen LogP contribution in [0.1, 0.15) is 57.5 Å². The number of amides is 2. The van der Waals surface area contributed by atoms with Gasteiger partial charge in [-0.1, -0.05) is 55.5 Å². The van der Waals surface area contributed by atoms with Gasteiger partial charge in [0.15, 0.2) is 0 Å². The highest BCUT2D eigenvalue weighted by atomic mass is 32.1. The Labute approximate surface area is 174 Å². The van der Waals surface area contributed by atoms with Crippen LogP contribution in [-0.2, 0) is 6.42 Å². The summed E-state index contributed by atoms with van der Waals surface area (Å²) in [6, 6.07) is 16.5. The summed E-state index contributed by atoms with van der Waals surface area (Å²) in [5.74, 6) is -0.00347. The van der Waals surface area contributed by atoms with Gasteiger partial charge in [0.05, 0.1) is 6.04 Å². The summed E-state index contributed by atoms with van der Waals surface area (Å²) in [4.78, 5) is 24.8. The molecule has 1 heterocycles. The maximum Gasteiger partial charge on any atom is 0.286 e. The van der Waals surface area contributed by atoms with Crippen LogP contribution in [0.25, 0.3) is 0 Å². The van der Waals surface area contributed by atoms with Crippen molar-refractivity contribution in [1.29, 1.82) is 0 Å². The molecule has 0 aliphatic carbocycles. The molecule has 3 rings (SSSR count). The average molecular weight is 409 g/mol. The molecule has 0 bridgehead atoms. The first kappa shape index (κ1) is 20.7. The molecule has 2 aromatic carbocycles. The Kier molecular flexibility index (Phi) is 6.72. The van der Waals surface area contributed by atoms with E-state index in [0.717, 1.165) is 17.0 Å². The molecular weight excluding hydrogens is 384 g/mol. The number of rotatable bonds is 7. The lowest BCUT2D eigenvalue weighted by atomic mass is 10.1. The molecule has 2 N–H and O–H groups in total. The highest BCUT2D eigenvalue weighted by Crippen LogP contribution is 2.17. The summed E-state index contributed by atoms with van der Waals surface area (Å²) >= 11 is 1.30. The van der Waals surface area contributed by atoms with E-state index in [0.29, 0.717) is 22.2 Å². The van der Waals surface area contributed by atoms with Crippen LogP contribution < -0.4 is 10.6 Å². The van der Waals surface area contributed by atoms with Crippen LogP contribution >= 0.6 is 11.3 Å². The van der Waals surface area contributed by atoms with E-state index >= 15 is 0 Å². The Bertz CT molecular complexity index is 968. The fourth-order valence-electron chi connectivity index (χ4n) is 2.77. The molecule has 0 aliphatic rings. The second-order valence-electron chi connectivity index (χ2n) is 7.24. The largest absolute Gasteiger partial charge is 0.346 e. The van der Waals surface area contributed by atoms with Crippen LogP contribution in [0.15, 0.2) is 54.6 Å². The van der Waals surface area contributed by atoms with Crippen LogP contribution in [0.4, 0.5) is 5.69 Å². The topological polar surface area (TPSA) is 84.0 Å². The van der Waals surface area contributed by atoms with Gasteiger partial charge in [0.2, 0.25) is 5.01 Å². The van der Waals surface area contributed by atoms with Crippen molar-refractivity contribution in [1.82, 2.24) is 15.5 Å². The van der Waals surface area contributed by atoms with Gasteiger partial charge < -0.3 is 10.6 Å². The van der Waals surface area contributed by atoms with E-state index < -0.39 is 0 Å². The molecule has 7 heteroatoms. The van der Waals surface area contributed by atoms with Crippen LogP contribution in [0, 0.1) is 5.92 Å². The fourth-order valence-corrected chi connectivity index (χ4v) is 3.72. The van der Waals surface area contributed by atoms with Crippen LogP contribution in [-0.4, -0.2) is 22.0 Å². The molecule has 1 aromatic heterocycles. The SMILES string of the molecule is CC(C)Cc1nnc(C(=O)Nc2ccc(C(=O)NC(C)c3ccccc3)cc2)s1. The van der Waals surface area contributed by atoms with E-state index in [9.17, 15) is 9.59 Å². The van der Waals surface area contributed by atoms with Crippen molar-refractivity contribution in [3.05, 3.63) is 75.7 Å². The lowest BCUT2D eigenvalue weighted by Crippen LogP contribution is -2.26. The second kappa shape index (κ2) is 9.43. The van der Waals surface area contributed by atoms with E-state index in [1.807, 2.05) is 37.3 Å². The number of hydrogen-bond donors (Lipinski definition) is 2. The third kappa shape index (κ3) is 5.71. The third-order valence-corrected chi connectivity index (χ3v) is 5.24. The first-order chi connectivity index (χ1) is 13.9. The third-order valence-electron chi connectivity index (χ3n) is 4.30. The molecule has 3 aromatic rings. The molecule has 0 saturated heterocycles. The van der Waals surface area contributed by atoms with Gasteiger partial charge in [-0.05, 0) is 42.7 Å². The summed E-state index contributed by atoms with van der Waals surface area (Å²) in [7, 11) is 0. The number of aromatic nitrogens is 2. The molecule has 29 heavy (non-hydrogen) atoms. The molecule has 0 saturated carbocycles. The lowest BCUT2D eigenvalue weighted by Gasteiger charge is -2.14. The predicted molar refractivity (Wildman–Crippen MR) is 115 cm³/mol. The molecule has 0 aliphatic heterocycles. The molecule has 2 amide bonds. The first-order valence-electron chi connectivity index (χ1n) is 9.52. The second-order valence-corrected chi connectivity index (χ2v) is 8.30. The number of hydrogen-bond acceptors (Lipinski definition) is 5. The quantitative estimate of drug-likeness (QED) is 0.604. The maximum atomic E-state index is 12.5. The fraction of sp³-hybridized carbons (Fsp3) is 0.273. The van der Waals surface area contributed by atoms with Gasteiger partial charge in [0.1, 0.15) is 5.01 Å². The molecule has 1 unspecified atom stereocenters. The number of anilines is 1. The van der Waals surface area contributed by atoms with Crippen molar-refractivity contribution >= 4 is 28.8 Å². The van der Waals surface area contributed by atoms with Crippen LogP contribution in [0.2, 0.25) is 0 Å². The minimum absolute atomic E-state index is 0.0967. The Morgan fingerprint density at radius 3 is 2.28 bits per heavy atom. The number of benzene rings is 2. The molecule has 0 spiro atoms. The van der Waals surface area contributed by atoms with E-state index in [1.54, 1.807) is 24.3 Å². The Morgan fingerprint density at radius 2 is 1.62 bits per heavy atom. The van der Waals surface area contributed by atoms with Gasteiger partial charge in [-0.25, -0.2) is 0 Å². The molecule has 1 atom stereocenters. The van der Waals surface area contributed by atoms with Crippen molar-refractivity contribution < 1.29 is 9.59 Å². The zero-order chi connectivity index (χ0) is 20.8. The first-order valence-corrected chi connectivity index (χ1v) is 10.3. The number of carbonyl (C=O) groups excluding carboxylic acids is 2. The summed E-state index contributed by atoms with van der Waals surface area (Å²) < 4.78 is 0. The number of nitrogens with zero attached hydrogens (tertiary/aromatic N) is 2. The molecule has 0 radical (unpaired) electrons. The lowest BCUT2D eigenvalue weighted by molar-refractivity contribution is 0.0939. The summed E-state index contributed by atoms with van der Waals surface area (Å²) in [5, 5.41) is 15.0. The zero-order valence-electron chi connectivity index (χ0n) is 16.7. The van der Waals surface area contributed by atoms with Gasteiger partial charge in [0.25, 0.3) is 11.8 Å². The van der Waals surface area contributed by atoms with E-state index in [1.165, 1.54) is 11.3 Å². The highest BCUT2D eigenvalue weighted by molar-refractivity contribution is 7.13. The number of carbonyl (C=O) groups is 2. The Morgan fingerprint density at radius 1 is 0.931 bits per heavy atom. The van der Waals surface area contributed by atoms with Crippen molar-refractivity contribution in [3.63, 3.8) is 0 Å². The van der Waals surface area contributed by atoms with Crippen LogP contribution in [0.3, 0.4) is 0 Å². The van der Waals surface area contributed by atoms with Crippen LogP contribution in [0.5, 0.6) is 0 Å². The highest BCUT2D eigenvalue weighted by Gasteiger charge is 2.15. The van der Waals surface area contributed by atoms with E-state index in [2.05, 4.69) is 34.7 Å². The molecular formula is C22H24N4O2S. The molecule has 6 nitrogen and oxygen atoms in total. The molecule has 150 valence electrons. The standard InChI is InChI=1S/C22H24N4O2S/c1-14(2)13-19-25-26-22(29-19)21(28)24-18-11-9-17(10-12-18)20(27)23-15(3)16-7-5-4-6-8-16/h4-12,14-15H,13H2,1-3H3,(H,23,27)(H,24,28). The van der Waals surface area contributed by atoms with Gasteiger partial charge in [0, 0.05) is 17.7 Å². The van der Waals surface area contributed by atoms with Gasteiger partial charge in [-0.3, -0.25) is 9.59 Å². The van der Waals surface area contributed by atoms with E-state index in [-0.39, 0.29) is 17.9 Å². The van der Waals surface area contributed by atoms with Gasteiger partial charge >= 0.3 is 0 Å². The molecule has 0 fully saturated rings. The van der Waals surface area contributed by atoms with Crippen molar-refractivity contribution in [2.24, 2.45) is 5.92 Å².